The SMILES string of the molecule is CCNC(CCN1CC(O)C(O)C1)c1ccccc1Cl. The molecule has 20 heavy (non-hydrogen) atoms. The molecule has 3 atom stereocenters. The molecular formula is C15H23ClN2O2. The van der Waals surface area contributed by atoms with Crippen molar-refractivity contribution in [2.45, 2.75) is 31.6 Å². The highest BCUT2D eigenvalue weighted by Gasteiger charge is 2.29. The van der Waals surface area contributed by atoms with Gasteiger partial charge in [-0.15, -0.1) is 0 Å². The highest BCUT2D eigenvalue weighted by molar-refractivity contribution is 6.31. The number of likely N-dealkylation sites (tertiary alicyclic amines) is 1. The third-order valence-corrected chi connectivity index (χ3v) is 4.14. The molecule has 0 radical (unpaired) electrons. The first-order valence-corrected chi connectivity index (χ1v) is 7.56. The number of halogens is 1. The largest absolute Gasteiger partial charge is 0.389 e. The molecule has 1 aliphatic rings. The van der Waals surface area contributed by atoms with Gasteiger partial charge in [-0.1, -0.05) is 36.7 Å². The monoisotopic (exact) mass is 298 g/mol. The van der Waals surface area contributed by atoms with Crippen molar-refractivity contribution in [3.05, 3.63) is 34.9 Å². The molecule has 1 aliphatic heterocycles. The van der Waals surface area contributed by atoms with E-state index >= 15 is 0 Å². The molecule has 0 aliphatic carbocycles. The summed E-state index contributed by atoms with van der Waals surface area (Å²) in [5.74, 6) is 0. The number of nitrogens with one attached hydrogen (secondary N) is 1. The number of β-amino-alcohol motifs (C(OH)–C–C–N with tert-alkyl or cyclic N) is 2. The Morgan fingerprint density at radius 2 is 1.95 bits per heavy atom. The van der Waals surface area contributed by atoms with E-state index in [0.29, 0.717) is 13.1 Å². The van der Waals surface area contributed by atoms with E-state index in [0.717, 1.165) is 30.1 Å². The number of rotatable bonds is 6. The lowest BCUT2D eigenvalue weighted by Crippen LogP contribution is -2.29. The van der Waals surface area contributed by atoms with Gasteiger partial charge in [0.1, 0.15) is 0 Å². The summed E-state index contributed by atoms with van der Waals surface area (Å²) in [7, 11) is 0. The smallest absolute Gasteiger partial charge is 0.0938 e. The molecule has 0 saturated carbocycles. The summed E-state index contributed by atoms with van der Waals surface area (Å²) >= 11 is 6.26. The third kappa shape index (κ3) is 3.93. The number of aliphatic hydroxyl groups is 2. The van der Waals surface area contributed by atoms with Crippen molar-refractivity contribution in [3.63, 3.8) is 0 Å². The van der Waals surface area contributed by atoms with Gasteiger partial charge in [0, 0.05) is 30.7 Å². The summed E-state index contributed by atoms with van der Waals surface area (Å²) in [6.07, 6.45) is -0.336. The molecule has 3 N–H and O–H groups in total. The van der Waals surface area contributed by atoms with Crippen LogP contribution in [0, 0.1) is 0 Å². The number of benzene rings is 1. The van der Waals surface area contributed by atoms with Crippen molar-refractivity contribution in [2.24, 2.45) is 0 Å². The number of aliphatic hydroxyl groups excluding tert-OH is 2. The fourth-order valence-electron chi connectivity index (χ4n) is 2.71. The molecule has 4 nitrogen and oxygen atoms in total. The third-order valence-electron chi connectivity index (χ3n) is 3.80. The Kier molecular flexibility index (Phi) is 5.81. The van der Waals surface area contributed by atoms with Crippen molar-refractivity contribution in [2.75, 3.05) is 26.2 Å². The van der Waals surface area contributed by atoms with Crippen LogP contribution >= 0.6 is 11.6 Å². The Labute approximate surface area is 125 Å². The topological polar surface area (TPSA) is 55.7 Å². The van der Waals surface area contributed by atoms with Crippen molar-refractivity contribution in [1.29, 1.82) is 0 Å². The maximum atomic E-state index is 9.57. The number of hydrogen-bond donors (Lipinski definition) is 3. The lowest BCUT2D eigenvalue weighted by atomic mass is 10.0. The lowest BCUT2D eigenvalue weighted by molar-refractivity contribution is 0.0572. The van der Waals surface area contributed by atoms with E-state index in [9.17, 15) is 10.2 Å². The van der Waals surface area contributed by atoms with Gasteiger partial charge in [-0.25, -0.2) is 0 Å². The maximum absolute atomic E-state index is 9.57. The van der Waals surface area contributed by atoms with Crippen LogP contribution in [0.1, 0.15) is 24.9 Å². The zero-order valence-electron chi connectivity index (χ0n) is 11.8. The standard InChI is InChI=1S/C15H23ClN2O2/c1-2-17-13(11-5-3-4-6-12(11)16)7-8-18-9-14(19)15(20)10-18/h3-6,13-15,17,19-20H,2,7-10H2,1H3. The van der Waals surface area contributed by atoms with Crippen molar-refractivity contribution in [3.8, 4) is 0 Å². The zero-order valence-corrected chi connectivity index (χ0v) is 12.6. The summed E-state index contributed by atoms with van der Waals surface area (Å²) in [6.45, 7) is 4.87. The molecule has 1 heterocycles. The summed E-state index contributed by atoms with van der Waals surface area (Å²) in [6, 6.07) is 8.08. The fourth-order valence-corrected chi connectivity index (χ4v) is 2.98. The van der Waals surface area contributed by atoms with E-state index < -0.39 is 12.2 Å². The van der Waals surface area contributed by atoms with Gasteiger partial charge in [-0.2, -0.15) is 0 Å². The second-order valence-corrected chi connectivity index (χ2v) is 5.72. The van der Waals surface area contributed by atoms with Gasteiger partial charge in [-0.3, -0.25) is 4.90 Å². The molecule has 2 rings (SSSR count). The Balaban J connectivity index is 1.95. The molecule has 1 aromatic carbocycles. The quantitative estimate of drug-likeness (QED) is 0.743. The van der Waals surface area contributed by atoms with E-state index in [1.165, 1.54) is 0 Å². The molecule has 1 aromatic rings. The average Bonchev–Trinajstić information content (AvgIpc) is 2.75. The highest BCUT2D eigenvalue weighted by atomic mass is 35.5. The average molecular weight is 299 g/mol. The molecule has 0 spiro atoms. The molecule has 1 saturated heterocycles. The highest BCUT2D eigenvalue weighted by Crippen LogP contribution is 2.25. The van der Waals surface area contributed by atoms with Gasteiger partial charge in [0.05, 0.1) is 12.2 Å². The molecule has 1 fully saturated rings. The molecule has 5 heteroatoms. The Bertz CT molecular complexity index is 420. The van der Waals surface area contributed by atoms with Crippen LogP contribution in [0.2, 0.25) is 5.02 Å². The van der Waals surface area contributed by atoms with Crippen LogP contribution in [-0.4, -0.2) is 53.5 Å². The van der Waals surface area contributed by atoms with Crippen LogP contribution < -0.4 is 5.32 Å². The van der Waals surface area contributed by atoms with Crippen molar-refractivity contribution >= 4 is 11.6 Å². The molecule has 0 bridgehead atoms. The molecule has 3 unspecified atom stereocenters. The summed E-state index contributed by atoms with van der Waals surface area (Å²) in [4.78, 5) is 2.09. The van der Waals surface area contributed by atoms with E-state index in [1.807, 2.05) is 24.3 Å². The Morgan fingerprint density at radius 1 is 1.30 bits per heavy atom. The first-order valence-electron chi connectivity index (χ1n) is 7.18. The van der Waals surface area contributed by atoms with Crippen LogP contribution in [0.5, 0.6) is 0 Å². The second-order valence-electron chi connectivity index (χ2n) is 5.31. The molecule has 0 amide bonds. The van der Waals surface area contributed by atoms with Crippen LogP contribution in [-0.2, 0) is 0 Å². The van der Waals surface area contributed by atoms with Gasteiger partial charge in [0.2, 0.25) is 0 Å². The predicted molar refractivity (Wildman–Crippen MR) is 80.9 cm³/mol. The fraction of sp³-hybridized carbons (Fsp3) is 0.600. The van der Waals surface area contributed by atoms with Gasteiger partial charge >= 0.3 is 0 Å². The second kappa shape index (κ2) is 7.38. The first kappa shape index (κ1) is 15.7. The summed E-state index contributed by atoms with van der Waals surface area (Å²) < 4.78 is 0. The van der Waals surface area contributed by atoms with Crippen LogP contribution in [0.15, 0.2) is 24.3 Å². The summed E-state index contributed by atoms with van der Waals surface area (Å²) in [5, 5.41) is 23.4. The van der Waals surface area contributed by atoms with Gasteiger partial charge in [0.15, 0.2) is 0 Å². The van der Waals surface area contributed by atoms with Crippen molar-refractivity contribution < 1.29 is 10.2 Å². The van der Waals surface area contributed by atoms with Crippen molar-refractivity contribution in [1.82, 2.24) is 10.2 Å². The minimum atomic E-state index is -0.618. The lowest BCUT2D eigenvalue weighted by Gasteiger charge is -2.23. The Hall–Kier alpha value is -0.650. The van der Waals surface area contributed by atoms with Crippen LogP contribution in [0.3, 0.4) is 0 Å². The van der Waals surface area contributed by atoms with Crippen LogP contribution in [0.4, 0.5) is 0 Å². The predicted octanol–water partition coefficient (Wildman–Crippen LogP) is 1.42. The molecule has 0 aromatic heterocycles. The normalized spacial score (nSPS) is 25.0. The van der Waals surface area contributed by atoms with Gasteiger partial charge in [0.25, 0.3) is 0 Å². The minimum Gasteiger partial charge on any atom is -0.389 e. The van der Waals surface area contributed by atoms with E-state index in [4.69, 9.17) is 11.6 Å². The Morgan fingerprint density at radius 3 is 2.55 bits per heavy atom. The zero-order chi connectivity index (χ0) is 14.5. The minimum absolute atomic E-state index is 0.198. The summed E-state index contributed by atoms with van der Waals surface area (Å²) in [5.41, 5.74) is 1.11. The van der Waals surface area contributed by atoms with E-state index in [-0.39, 0.29) is 6.04 Å². The molecule has 112 valence electrons. The van der Waals surface area contributed by atoms with E-state index in [2.05, 4.69) is 17.1 Å². The van der Waals surface area contributed by atoms with E-state index in [1.54, 1.807) is 0 Å². The number of nitrogens with zero attached hydrogens (tertiary/aromatic N) is 1. The van der Waals surface area contributed by atoms with Gasteiger partial charge in [-0.05, 0) is 24.6 Å². The maximum Gasteiger partial charge on any atom is 0.0938 e. The first-order chi connectivity index (χ1) is 9.61. The van der Waals surface area contributed by atoms with Crippen LogP contribution in [0.25, 0.3) is 0 Å². The number of hydrogen-bond acceptors (Lipinski definition) is 4. The van der Waals surface area contributed by atoms with Gasteiger partial charge < -0.3 is 15.5 Å². The molecular weight excluding hydrogens is 276 g/mol.